The number of benzene rings is 1. The Labute approximate surface area is 147 Å². The number of thiophene rings is 1. The van der Waals surface area contributed by atoms with Crippen LogP contribution in [0.4, 0.5) is 5.00 Å². The van der Waals surface area contributed by atoms with Gasteiger partial charge in [-0.15, -0.1) is 11.3 Å². The fourth-order valence-corrected chi connectivity index (χ4v) is 3.41. The summed E-state index contributed by atoms with van der Waals surface area (Å²) in [6.45, 7) is -0.142. The molecule has 3 rings (SSSR count). The van der Waals surface area contributed by atoms with Crippen molar-refractivity contribution in [3.8, 4) is 10.4 Å². The number of pyridine rings is 1. The third kappa shape index (κ3) is 3.84. The Hall–Kier alpha value is -3.19. The molecule has 7 heteroatoms. The van der Waals surface area contributed by atoms with Gasteiger partial charge in [-0.1, -0.05) is 36.4 Å². The van der Waals surface area contributed by atoms with Gasteiger partial charge in [0.25, 0.3) is 11.5 Å². The molecule has 2 heterocycles. The van der Waals surface area contributed by atoms with E-state index in [1.807, 2.05) is 30.3 Å². The van der Waals surface area contributed by atoms with Gasteiger partial charge in [0.1, 0.15) is 11.5 Å². The summed E-state index contributed by atoms with van der Waals surface area (Å²) in [4.78, 5) is 36.4. The molecule has 0 radical (unpaired) electrons. The van der Waals surface area contributed by atoms with E-state index in [0.717, 1.165) is 10.4 Å². The van der Waals surface area contributed by atoms with Gasteiger partial charge in [-0.25, -0.2) is 0 Å². The minimum absolute atomic E-state index is 0.142. The van der Waals surface area contributed by atoms with Crippen molar-refractivity contribution in [1.29, 1.82) is 0 Å². The van der Waals surface area contributed by atoms with Gasteiger partial charge in [-0.3, -0.25) is 14.4 Å². The number of rotatable bonds is 5. The van der Waals surface area contributed by atoms with E-state index in [9.17, 15) is 14.4 Å². The molecule has 2 aromatic heterocycles. The van der Waals surface area contributed by atoms with Gasteiger partial charge in [0.2, 0.25) is 5.91 Å². The maximum atomic E-state index is 12.2. The van der Waals surface area contributed by atoms with E-state index in [4.69, 9.17) is 5.73 Å². The first-order chi connectivity index (χ1) is 12.0. The quantitative estimate of drug-likeness (QED) is 0.737. The fourth-order valence-electron chi connectivity index (χ4n) is 2.32. The summed E-state index contributed by atoms with van der Waals surface area (Å²) < 4.78 is 1.28. The highest BCUT2D eigenvalue weighted by Crippen LogP contribution is 2.35. The Balaban J connectivity index is 1.85. The molecule has 0 saturated heterocycles. The van der Waals surface area contributed by atoms with Crippen LogP contribution in [0.2, 0.25) is 0 Å². The topological polar surface area (TPSA) is 94.2 Å². The van der Waals surface area contributed by atoms with E-state index in [1.54, 1.807) is 18.2 Å². The molecule has 0 spiro atoms. The SMILES string of the molecule is NC(=O)c1cc(-c2ccccc2)sc1NC(=O)Cn1ccccc1=O. The van der Waals surface area contributed by atoms with E-state index >= 15 is 0 Å². The van der Waals surface area contributed by atoms with Crippen molar-refractivity contribution in [1.82, 2.24) is 4.57 Å². The lowest BCUT2D eigenvalue weighted by molar-refractivity contribution is -0.116. The molecule has 0 bridgehead atoms. The van der Waals surface area contributed by atoms with Crippen LogP contribution in [0.5, 0.6) is 0 Å². The third-order valence-electron chi connectivity index (χ3n) is 3.52. The van der Waals surface area contributed by atoms with Crippen LogP contribution in [0.25, 0.3) is 10.4 Å². The Morgan fingerprint density at radius 3 is 2.48 bits per heavy atom. The highest BCUT2D eigenvalue weighted by Gasteiger charge is 2.17. The summed E-state index contributed by atoms with van der Waals surface area (Å²) in [6.07, 6.45) is 1.53. The van der Waals surface area contributed by atoms with Gasteiger partial charge in [-0.05, 0) is 17.7 Å². The zero-order chi connectivity index (χ0) is 17.8. The number of carbonyl (C=O) groups is 2. The van der Waals surface area contributed by atoms with Crippen LogP contribution in [-0.4, -0.2) is 16.4 Å². The molecule has 0 aliphatic heterocycles. The number of aromatic nitrogens is 1. The van der Waals surface area contributed by atoms with Crippen molar-refractivity contribution < 1.29 is 9.59 Å². The molecule has 0 saturated carbocycles. The summed E-state index contributed by atoms with van der Waals surface area (Å²) in [6, 6.07) is 15.8. The standard InChI is InChI=1S/C18H15N3O3S/c19-17(24)13-10-14(12-6-2-1-3-7-12)25-18(13)20-15(22)11-21-9-5-4-8-16(21)23/h1-10H,11H2,(H2,19,24)(H,20,22). The number of nitrogens with one attached hydrogen (secondary N) is 1. The molecule has 0 fully saturated rings. The lowest BCUT2D eigenvalue weighted by atomic mass is 10.1. The van der Waals surface area contributed by atoms with Crippen molar-refractivity contribution in [2.45, 2.75) is 6.54 Å². The van der Waals surface area contributed by atoms with Crippen molar-refractivity contribution in [2.75, 3.05) is 5.32 Å². The minimum Gasteiger partial charge on any atom is -0.366 e. The Morgan fingerprint density at radius 2 is 1.80 bits per heavy atom. The molecular weight excluding hydrogens is 338 g/mol. The predicted octanol–water partition coefficient (Wildman–Crippen LogP) is 2.31. The average Bonchev–Trinajstić information content (AvgIpc) is 3.02. The number of nitrogens with two attached hydrogens (primary N) is 1. The summed E-state index contributed by atoms with van der Waals surface area (Å²) >= 11 is 1.26. The number of hydrogen-bond acceptors (Lipinski definition) is 4. The molecule has 3 N–H and O–H groups in total. The van der Waals surface area contributed by atoms with Crippen LogP contribution in [0.15, 0.2) is 65.6 Å². The lowest BCUT2D eigenvalue weighted by Crippen LogP contribution is -2.26. The molecule has 1 aromatic carbocycles. The first kappa shape index (κ1) is 16.7. The first-order valence-corrected chi connectivity index (χ1v) is 8.30. The molecule has 0 unspecified atom stereocenters. The van der Waals surface area contributed by atoms with Crippen molar-refractivity contribution >= 4 is 28.2 Å². The second kappa shape index (κ2) is 7.14. The molecule has 126 valence electrons. The fraction of sp³-hybridized carbons (Fsp3) is 0.0556. The summed E-state index contributed by atoms with van der Waals surface area (Å²) in [5.41, 5.74) is 6.32. The zero-order valence-corrected chi connectivity index (χ0v) is 14.0. The molecule has 25 heavy (non-hydrogen) atoms. The van der Waals surface area contributed by atoms with E-state index in [0.29, 0.717) is 5.00 Å². The van der Waals surface area contributed by atoms with Gasteiger partial charge in [0, 0.05) is 17.1 Å². The molecule has 2 amide bonds. The largest absolute Gasteiger partial charge is 0.366 e. The van der Waals surface area contributed by atoms with Gasteiger partial charge in [0.05, 0.1) is 5.56 Å². The number of amides is 2. The third-order valence-corrected chi connectivity index (χ3v) is 4.62. The highest BCUT2D eigenvalue weighted by atomic mass is 32.1. The van der Waals surface area contributed by atoms with Crippen molar-refractivity contribution in [3.05, 3.63) is 76.7 Å². The highest BCUT2D eigenvalue weighted by molar-refractivity contribution is 7.20. The average molecular weight is 353 g/mol. The maximum Gasteiger partial charge on any atom is 0.251 e. The van der Waals surface area contributed by atoms with E-state index < -0.39 is 11.8 Å². The summed E-state index contributed by atoms with van der Waals surface area (Å²) in [5.74, 6) is -1.03. The van der Waals surface area contributed by atoms with Gasteiger partial charge in [0.15, 0.2) is 0 Å². The molecular formula is C18H15N3O3S. The number of nitrogens with zero attached hydrogens (tertiary/aromatic N) is 1. The monoisotopic (exact) mass is 353 g/mol. The van der Waals surface area contributed by atoms with E-state index in [1.165, 1.54) is 28.2 Å². The minimum atomic E-state index is -0.620. The molecule has 0 atom stereocenters. The maximum absolute atomic E-state index is 12.2. The van der Waals surface area contributed by atoms with Crippen LogP contribution in [0.1, 0.15) is 10.4 Å². The number of anilines is 1. The smallest absolute Gasteiger partial charge is 0.251 e. The summed E-state index contributed by atoms with van der Waals surface area (Å²) in [7, 11) is 0. The van der Waals surface area contributed by atoms with Crippen LogP contribution in [0.3, 0.4) is 0 Å². The Kier molecular flexibility index (Phi) is 4.76. The lowest BCUT2D eigenvalue weighted by Gasteiger charge is -2.06. The van der Waals surface area contributed by atoms with Crippen LogP contribution >= 0.6 is 11.3 Å². The van der Waals surface area contributed by atoms with Crippen LogP contribution < -0.4 is 16.6 Å². The molecule has 3 aromatic rings. The van der Waals surface area contributed by atoms with E-state index in [2.05, 4.69) is 5.32 Å². The normalized spacial score (nSPS) is 10.4. The first-order valence-electron chi connectivity index (χ1n) is 7.49. The molecule has 0 aliphatic carbocycles. The second-order valence-electron chi connectivity index (χ2n) is 5.30. The molecule has 0 aliphatic rings. The number of carbonyl (C=O) groups excluding carboxylic acids is 2. The van der Waals surface area contributed by atoms with E-state index in [-0.39, 0.29) is 17.7 Å². The van der Waals surface area contributed by atoms with Crippen LogP contribution in [-0.2, 0) is 11.3 Å². The molecule has 6 nitrogen and oxygen atoms in total. The van der Waals surface area contributed by atoms with Crippen molar-refractivity contribution in [3.63, 3.8) is 0 Å². The predicted molar refractivity (Wildman–Crippen MR) is 97.6 cm³/mol. The van der Waals surface area contributed by atoms with Crippen LogP contribution in [0, 0.1) is 0 Å². The van der Waals surface area contributed by atoms with Crippen molar-refractivity contribution in [2.24, 2.45) is 5.73 Å². The Morgan fingerprint density at radius 1 is 1.08 bits per heavy atom. The van der Waals surface area contributed by atoms with Gasteiger partial charge < -0.3 is 15.6 Å². The second-order valence-corrected chi connectivity index (χ2v) is 6.35. The van der Waals surface area contributed by atoms with Gasteiger partial charge in [-0.2, -0.15) is 0 Å². The summed E-state index contributed by atoms with van der Waals surface area (Å²) in [5, 5.41) is 3.05. The Bertz CT molecular complexity index is 976. The zero-order valence-electron chi connectivity index (χ0n) is 13.1. The number of hydrogen-bond donors (Lipinski definition) is 2. The number of primary amides is 1. The van der Waals surface area contributed by atoms with Gasteiger partial charge >= 0.3 is 0 Å².